The van der Waals surface area contributed by atoms with Crippen molar-refractivity contribution in [3.05, 3.63) is 57.2 Å². The number of pyridine rings is 1. The minimum Gasteiger partial charge on any atom is -0.294 e. The highest BCUT2D eigenvalue weighted by Crippen LogP contribution is 2.35. The van der Waals surface area contributed by atoms with Gasteiger partial charge < -0.3 is 0 Å². The van der Waals surface area contributed by atoms with Crippen molar-refractivity contribution in [1.82, 2.24) is 4.98 Å². The van der Waals surface area contributed by atoms with Gasteiger partial charge in [-0.1, -0.05) is 23.4 Å². The summed E-state index contributed by atoms with van der Waals surface area (Å²) in [5.74, 6) is -0.247. The van der Waals surface area contributed by atoms with Crippen LogP contribution in [0.5, 0.6) is 0 Å². The van der Waals surface area contributed by atoms with Crippen LogP contribution in [0.1, 0.15) is 17.3 Å². The SMILES string of the molecule is CC(=O)c1cc([N+](=O)[O-])ccc1Sc1ncccc1Cl. The number of nitro groups is 1. The van der Waals surface area contributed by atoms with E-state index in [1.807, 2.05) is 0 Å². The zero-order valence-electron chi connectivity index (χ0n) is 10.4. The third-order valence-electron chi connectivity index (χ3n) is 2.48. The molecule has 7 heteroatoms. The number of Topliss-reactive ketones (excluding diaryl/α,β-unsaturated/α-hetero) is 1. The lowest BCUT2D eigenvalue weighted by molar-refractivity contribution is -0.384. The van der Waals surface area contributed by atoms with Crippen LogP contribution < -0.4 is 0 Å². The Labute approximate surface area is 124 Å². The molecule has 102 valence electrons. The molecule has 0 saturated heterocycles. The maximum absolute atomic E-state index is 11.6. The molecule has 0 atom stereocenters. The van der Waals surface area contributed by atoms with E-state index >= 15 is 0 Å². The van der Waals surface area contributed by atoms with Crippen molar-refractivity contribution in [3.63, 3.8) is 0 Å². The van der Waals surface area contributed by atoms with Crippen LogP contribution in [0.25, 0.3) is 0 Å². The van der Waals surface area contributed by atoms with Crippen LogP contribution in [0.15, 0.2) is 46.5 Å². The molecular weight excluding hydrogens is 300 g/mol. The molecule has 0 aliphatic rings. The molecule has 0 saturated carbocycles. The van der Waals surface area contributed by atoms with Crippen LogP contribution in [0.2, 0.25) is 5.02 Å². The molecule has 0 unspecified atom stereocenters. The fourth-order valence-electron chi connectivity index (χ4n) is 1.55. The van der Waals surface area contributed by atoms with Gasteiger partial charge in [0.2, 0.25) is 0 Å². The van der Waals surface area contributed by atoms with Gasteiger partial charge >= 0.3 is 0 Å². The monoisotopic (exact) mass is 308 g/mol. The molecule has 1 aromatic carbocycles. The van der Waals surface area contributed by atoms with Gasteiger partial charge in [-0.2, -0.15) is 0 Å². The standard InChI is InChI=1S/C13H9ClN2O3S/c1-8(17)10-7-9(16(18)19)4-5-12(10)20-13-11(14)3-2-6-15-13/h2-7H,1H3. The molecule has 1 aromatic heterocycles. The molecule has 0 fully saturated rings. The van der Waals surface area contributed by atoms with Gasteiger partial charge in [-0.05, 0) is 25.1 Å². The summed E-state index contributed by atoms with van der Waals surface area (Å²) in [6, 6.07) is 7.54. The molecule has 2 rings (SSSR count). The summed E-state index contributed by atoms with van der Waals surface area (Å²) >= 11 is 7.21. The number of nitro benzene ring substituents is 1. The lowest BCUT2D eigenvalue weighted by atomic mass is 10.1. The van der Waals surface area contributed by atoms with E-state index in [4.69, 9.17) is 11.6 Å². The van der Waals surface area contributed by atoms with E-state index in [9.17, 15) is 14.9 Å². The highest BCUT2D eigenvalue weighted by atomic mass is 35.5. The van der Waals surface area contributed by atoms with Crippen LogP contribution in [0.3, 0.4) is 0 Å². The molecule has 0 N–H and O–H groups in total. The Morgan fingerprint density at radius 3 is 2.75 bits per heavy atom. The summed E-state index contributed by atoms with van der Waals surface area (Å²) in [6.07, 6.45) is 1.59. The maximum Gasteiger partial charge on any atom is 0.270 e. The lowest BCUT2D eigenvalue weighted by Crippen LogP contribution is -1.98. The van der Waals surface area contributed by atoms with Gasteiger partial charge in [-0.25, -0.2) is 4.98 Å². The van der Waals surface area contributed by atoms with Gasteiger partial charge in [0.25, 0.3) is 5.69 Å². The van der Waals surface area contributed by atoms with E-state index in [0.29, 0.717) is 14.9 Å². The number of ketones is 1. The Bertz CT molecular complexity index is 691. The van der Waals surface area contributed by atoms with Crippen molar-refractivity contribution >= 4 is 34.8 Å². The van der Waals surface area contributed by atoms with Crippen molar-refractivity contribution in [2.45, 2.75) is 16.8 Å². The average molecular weight is 309 g/mol. The molecule has 0 aliphatic heterocycles. The van der Waals surface area contributed by atoms with Crippen LogP contribution in [0.4, 0.5) is 5.69 Å². The Morgan fingerprint density at radius 1 is 1.40 bits per heavy atom. The third-order valence-corrected chi connectivity index (χ3v) is 4.00. The number of carbonyl (C=O) groups excluding carboxylic acids is 1. The molecule has 20 heavy (non-hydrogen) atoms. The highest BCUT2D eigenvalue weighted by molar-refractivity contribution is 7.99. The van der Waals surface area contributed by atoms with Crippen LogP contribution in [-0.4, -0.2) is 15.7 Å². The van der Waals surface area contributed by atoms with Gasteiger partial charge in [0.15, 0.2) is 5.78 Å². The Balaban J connectivity index is 2.44. The Morgan fingerprint density at radius 2 is 2.15 bits per heavy atom. The van der Waals surface area contributed by atoms with E-state index in [2.05, 4.69) is 4.98 Å². The highest BCUT2D eigenvalue weighted by Gasteiger charge is 2.16. The lowest BCUT2D eigenvalue weighted by Gasteiger charge is -2.07. The second-order valence-corrected chi connectivity index (χ2v) is 5.32. The number of rotatable bonds is 4. The van der Waals surface area contributed by atoms with Crippen molar-refractivity contribution in [2.75, 3.05) is 0 Å². The fraction of sp³-hybridized carbons (Fsp3) is 0.0769. The molecule has 2 aromatic rings. The second-order valence-electron chi connectivity index (χ2n) is 3.89. The first-order valence-corrected chi connectivity index (χ1v) is 6.76. The number of nitrogens with zero attached hydrogens (tertiary/aromatic N) is 2. The molecule has 0 aliphatic carbocycles. The van der Waals surface area contributed by atoms with Gasteiger partial charge in [0, 0.05) is 28.8 Å². The molecule has 0 spiro atoms. The second kappa shape index (κ2) is 6.02. The third kappa shape index (κ3) is 3.15. The normalized spacial score (nSPS) is 10.3. The topological polar surface area (TPSA) is 73.1 Å². The van der Waals surface area contributed by atoms with Crippen molar-refractivity contribution < 1.29 is 9.72 Å². The zero-order valence-corrected chi connectivity index (χ0v) is 11.9. The molecular formula is C13H9ClN2O3S. The number of carbonyl (C=O) groups is 1. The van der Waals surface area contributed by atoms with Crippen molar-refractivity contribution in [3.8, 4) is 0 Å². The molecule has 5 nitrogen and oxygen atoms in total. The van der Waals surface area contributed by atoms with E-state index in [1.165, 1.54) is 36.9 Å². The van der Waals surface area contributed by atoms with E-state index in [1.54, 1.807) is 18.3 Å². The summed E-state index contributed by atoms with van der Waals surface area (Å²) in [7, 11) is 0. The van der Waals surface area contributed by atoms with Gasteiger partial charge in [-0.3, -0.25) is 14.9 Å². The first-order chi connectivity index (χ1) is 9.49. The van der Waals surface area contributed by atoms with Crippen LogP contribution >= 0.6 is 23.4 Å². The summed E-state index contributed by atoms with van der Waals surface area (Å²) in [4.78, 5) is 26.6. The minimum absolute atomic E-state index is 0.119. The van der Waals surface area contributed by atoms with Crippen LogP contribution in [0, 0.1) is 10.1 Å². The number of benzene rings is 1. The van der Waals surface area contributed by atoms with Gasteiger partial charge in [0.05, 0.1) is 9.95 Å². The number of hydrogen-bond donors (Lipinski definition) is 0. The fourth-order valence-corrected chi connectivity index (χ4v) is 2.72. The van der Waals surface area contributed by atoms with Gasteiger partial charge in [-0.15, -0.1) is 0 Å². The summed E-state index contributed by atoms with van der Waals surface area (Å²) < 4.78 is 0. The maximum atomic E-state index is 11.6. The van der Waals surface area contributed by atoms with E-state index < -0.39 is 4.92 Å². The zero-order chi connectivity index (χ0) is 14.7. The Hall–Kier alpha value is -1.92. The summed E-state index contributed by atoms with van der Waals surface area (Å²) in [6.45, 7) is 1.36. The number of hydrogen-bond acceptors (Lipinski definition) is 5. The quantitative estimate of drug-likeness (QED) is 0.485. The smallest absolute Gasteiger partial charge is 0.270 e. The predicted octanol–water partition coefficient (Wildman–Crippen LogP) is 4.00. The van der Waals surface area contributed by atoms with Crippen LogP contribution in [-0.2, 0) is 0 Å². The first-order valence-electron chi connectivity index (χ1n) is 5.57. The number of non-ortho nitro benzene ring substituents is 1. The Kier molecular flexibility index (Phi) is 4.36. The first kappa shape index (κ1) is 14.5. The minimum atomic E-state index is -0.533. The summed E-state index contributed by atoms with van der Waals surface area (Å²) in [5.41, 5.74) is 0.164. The number of aromatic nitrogens is 1. The van der Waals surface area contributed by atoms with Crippen molar-refractivity contribution in [1.29, 1.82) is 0 Å². The molecule has 0 radical (unpaired) electrons. The molecule has 0 bridgehead atoms. The summed E-state index contributed by atoms with van der Waals surface area (Å²) in [5, 5.41) is 11.8. The van der Waals surface area contributed by atoms with E-state index in [-0.39, 0.29) is 17.0 Å². The predicted molar refractivity (Wildman–Crippen MR) is 76.5 cm³/mol. The molecule has 0 amide bonds. The molecule has 1 heterocycles. The largest absolute Gasteiger partial charge is 0.294 e. The van der Waals surface area contributed by atoms with Crippen molar-refractivity contribution in [2.24, 2.45) is 0 Å². The average Bonchev–Trinajstić information content (AvgIpc) is 2.41. The van der Waals surface area contributed by atoms with E-state index in [0.717, 1.165) is 0 Å². The van der Waals surface area contributed by atoms with Gasteiger partial charge in [0.1, 0.15) is 5.03 Å². The number of halogens is 1.